The van der Waals surface area contributed by atoms with E-state index in [0.29, 0.717) is 12.4 Å². The van der Waals surface area contributed by atoms with Crippen LogP contribution in [0.4, 0.5) is 0 Å². The van der Waals surface area contributed by atoms with Crippen LogP contribution in [0.5, 0.6) is 5.75 Å². The summed E-state index contributed by atoms with van der Waals surface area (Å²) in [4.78, 5) is 9.30. The minimum Gasteiger partial charge on any atom is -0.494 e. The number of aromatic nitrogens is 6. The van der Waals surface area contributed by atoms with Crippen LogP contribution in [0.15, 0.2) is 67.1 Å². The van der Waals surface area contributed by atoms with Crippen molar-refractivity contribution in [2.75, 3.05) is 6.61 Å². The highest BCUT2D eigenvalue weighted by Crippen LogP contribution is 2.23. The smallest absolute Gasteiger partial charge is 0.182 e. The lowest BCUT2D eigenvalue weighted by atomic mass is 10.1. The number of rotatable bonds is 6. The normalized spacial score (nSPS) is 11.3. The molecule has 0 aliphatic carbocycles. The molecule has 0 radical (unpaired) electrons. The van der Waals surface area contributed by atoms with E-state index in [0.717, 1.165) is 41.0 Å². The molecular weight excluding hydrogens is 364 g/mol. The van der Waals surface area contributed by atoms with Gasteiger partial charge in [-0.15, -0.1) is 5.10 Å². The summed E-state index contributed by atoms with van der Waals surface area (Å²) in [5, 5.41) is 10.0. The summed E-state index contributed by atoms with van der Waals surface area (Å²) in [6.45, 7) is 3.37. The van der Waals surface area contributed by atoms with E-state index >= 15 is 0 Å². The number of nitrogens with zero attached hydrogens (tertiary/aromatic N) is 6. The number of hydrogen-bond donors (Lipinski definition) is 0. The first-order valence-electron chi connectivity index (χ1n) is 9.66. The van der Waals surface area contributed by atoms with Crippen molar-refractivity contribution in [1.82, 2.24) is 29.4 Å². The maximum Gasteiger partial charge on any atom is 0.182 e. The average Bonchev–Trinajstić information content (AvgIpc) is 3.38. The van der Waals surface area contributed by atoms with Crippen molar-refractivity contribution in [1.29, 1.82) is 0 Å². The van der Waals surface area contributed by atoms with Gasteiger partial charge in [-0.1, -0.05) is 30.3 Å². The molecule has 5 aromatic rings. The highest BCUT2D eigenvalue weighted by atomic mass is 16.5. The standard InChI is InChI=1S/C22H20N6O/c1-2-29-18-10-8-17(9-11-18)20-25-22-19-14-24-27(21(19)23-15-28(22)26-20)13-12-16-6-4-3-5-7-16/h3-11,14-15H,2,12-13H2,1H3. The lowest BCUT2D eigenvalue weighted by molar-refractivity contribution is 0.340. The van der Waals surface area contributed by atoms with Gasteiger partial charge in [-0.25, -0.2) is 19.2 Å². The van der Waals surface area contributed by atoms with Crippen molar-refractivity contribution in [2.45, 2.75) is 19.9 Å². The summed E-state index contributed by atoms with van der Waals surface area (Å²) in [6.07, 6.45) is 4.41. The van der Waals surface area contributed by atoms with Crippen LogP contribution >= 0.6 is 0 Å². The van der Waals surface area contributed by atoms with Crippen molar-refractivity contribution in [3.8, 4) is 17.1 Å². The second kappa shape index (κ2) is 7.35. The Kier molecular flexibility index (Phi) is 4.40. The van der Waals surface area contributed by atoms with Crippen molar-refractivity contribution >= 4 is 16.7 Å². The third-order valence-corrected chi connectivity index (χ3v) is 4.85. The predicted octanol–water partition coefficient (Wildman–Crippen LogP) is 3.78. The summed E-state index contributed by atoms with van der Waals surface area (Å²) in [7, 11) is 0. The molecule has 7 nitrogen and oxygen atoms in total. The minimum absolute atomic E-state index is 0.643. The van der Waals surface area contributed by atoms with Gasteiger partial charge in [-0.05, 0) is 43.2 Å². The number of ether oxygens (including phenoxy) is 1. The van der Waals surface area contributed by atoms with E-state index in [-0.39, 0.29) is 0 Å². The lowest BCUT2D eigenvalue weighted by Gasteiger charge is -2.03. The second-order valence-corrected chi connectivity index (χ2v) is 6.75. The highest BCUT2D eigenvalue weighted by Gasteiger charge is 2.13. The zero-order valence-corrected chi connectivity index (χ0v) is 16.1. The van der Waals surface area contributed by atoms with E-state index < -0.39 is 0 Å². The van der Waals surface area contributed by atoms with Crippen LogP contribution in [-0.2, 0) is 13.0 Å². The molecule has 0 spiro atoms. The molecule has 0 atom stereocenters. The molecule has 0 amide bonds. The van der Waals surface area contributed by atoms with Gasteiger partial charge in [0, 0.05) is 12.1 Å². The van der Waals surface area contributed by atoms with E-state index in [9.17, 15) is 0 Å². The molecule has 0 unspecified atom stereocenters. The monoisotopic (exact) mass is 384 g/mol. The Morgan fingerprint density at radius 2 is 1.79 bits per heavy atom. The molecule has 0 bridgehead atoms. The highest BCUT2D eigenvalue weighted by molar-refractivity contribution is 5.89. The summed E-state index contributed by atoms with van der Waals surface area (Å²) in [5.74, 6) is 1.49. The molecule has 3 aromatic heterocycles. The van der Waals surface area contributed by atoms with Gasteiger partial charge in [0.15, 0.2) is 17.1 Å². The van der Waals surface area contributed by atoms with Crippen LogP contribution in [0.2, 0.25) is 0 Å². The number of benzene rings is 2. The van der Waals surface area contributed by atoms with Gasteiger partial charge in [-0.3, -0.25) is 0 Å². The zero-order chi connectivity index (χ0) is 19.6. The fourth-order valence-corrected chi connectivity index (χ4v) is 3.40. The van der Waals surface area contributed by atoms with Gasteiger partial charge in [-0.2, -0.15) is 5.10 Å². The molecule has 0 fully saturated rings. The van der Waals surface area contributed by atoms with E-state index in [1.807, 2.05) is 48.1 Å². The molecule has 2 aromatic carbocycles. The van der Waals surface area contributed by atoms with Gasteiger partial charge in [0.25, 0.3) is 0 Å². The van der Waals surface area contributed by atoms with Crippen LogP contribution in [0.3, 0.4) is 0 Å². The fourth-order valence-electron chi connectivity index (χ4n) is 3.40. The van der Waals surface area contributed by atoms with E-state index in [1.165, 1.54) is 5.56 Å². The molecule has 0 aliphatic rings. The molecule has 0 saturated heterocycles. The Morgan fingerprint density at radius 1 is 0.966 bits per heavy atom. The predicted molar refractivity (Wildman–Crippen MR) is 111 cm³/mol. The summed E-state index contributed by atoms with van der Waals surface area (Å²) >= 11 is 0. The Balaban J connectivity index is 1.46. The summed E-state index contributed by atoms with van der Waals surface area (Å²) < 4.78 is 9.13. The number of fused-ring (bicyclic) bond motifs is 3. The fraction of sp³-hybridized carbons (Fsp3) is 0.182. The van der Waals surface area contributed by atoms with E-state index in [4.69, 9.17) is 9.72 Å². The molecular formula is C22H20N6O. The topological polar surface area (TPSA) is 70.1 Å². The van der Waals surface area contributed by atoms with E-state index in [2.05, 4.69) is 39.4 Å². The molecule has 3 heterocycles. The Labute approximate surface area is 167 Å². The Morgan fingerprint density at radius 3 is 2.59 bits per heavy atom. The number of hydrogen-bond acceptors (Lipinski definition) is 5. The first-order valence-corrected chi connectivity index (χ1v) is 9.66. The first-order chi connectivity index (χ1) is 14.3. The van der Waals surface area contributed by atoms with Crippen LogP contribution in [-0.4, -0.2) is 36.0 Å². The zero-order valence-electron chi connectivity index (χ0n) is 16.1. The van der Waals surface area contributed by atoms with Gasteiger partial charge >= 0.3 is 0 Å². The second-order valence-electron chi connectivity index (χ2n) is 6.75. The van der Waals surface area contributed by atoms with Gasteiger partial charge in [0.1, 0.15) is 12.1 Å². The molecule has 0 aliphatic heterocycles. The van der Waals surface area contributed by atoms with Crippen molar-refractivity contribution in [3.05, 3.63) is 72.7 Å². The Hall–Kier alpha value is -3.74. The van der Waals surface area contributed by atoms with Crippen LogP contribution in [0.1, 0.15) is 12.5 Å². The largest absolute Gasteiger partial charge is 0.494 e. The number of aryl methyl sites for hydroxylation is 2. The minimum atomic E-state index is 0.643. The summed E-state index contributed by atoms with van der Waals surface area (Å²) in [5.41, 5.74) is 3.78. The third-order valence-electron chi connectivity index (χ3n) is 4.85. The molecule has 7 heteroatoms. The third kappa shape index (κ3) is 3.31. The van der Waals surface area contributed by atoms with Gasteiger partial charge in [0.2, 0.25) is 0 Å². The van der Waals surface area contributed by atoms with Crippen LogP contribution in [0, 0.1) is 0 Å². The van der Waals surface area contributed by atoms with E-state index in [1.54, 1.807) is 10.8 Å². The maximum atomic E-state index is 5.50. The van der Waals surface area contributed by atoms with Crippen LogP contribution in [0.25, 0.3) is 28.1 Å². The van der Waals surface area contributed by atoms with Gasteiger partial charge in [0.05, 0.1) is 18.2 Å². The van der Waals surface area contributed by atoms with Gasteiger partial charge < -0.3 is 4.74 Å². The first kappa shape index (κ1) is 17.4. The van der Waals surface area contributed by atoms with Crippen molar-refractivity contribution in [3.63, 3.8) is 0 Å². The van der Waals surface area contributed by atoms with Crippen molar-refractivity contribution in [2.24, 2.45) is 0 Å². The molecule has 29 heavy (non-hydrogen) atoms. The average molecular weight is 384 g/mol. The SMILES string of the molecule is CCOc1ccc(-c2nc3c4cnn(CCc5ccccc5)c4ncn3n2)cc1. The quantitative estimate of drug-likeness (QED) is 0.446. The molecule has 0 N–H and O–H groups in total. The molecule has 5 rings (SSSR count). The molecule has 144 valence electrons. The van der Waals surface area contributed by atoms with Crippen LogP contribution < -0.4 is 4.74 Å². The molecule has 0 saturated carbocycles. The summed E-state index contributed by atoms with van der Waals surface area (Å²) in [6, 6.07) is 18.2. The lowest BCUT2D eigenvalue weighted by Crippen LogP contribution is -2.04. The Bertz CT molecular complexity index is 1260. The maximum absolute atomic E-state index is 5.50. The van der Waals surface area contributed by atoms with Crippen molar-refractivity contribution < 1.29 is 4.74 Å².